The normalized spacial score (nSPS) is 11.6. The van der Waals surface area contributed by atoms with Gasteiger partial charge in [0.2, 0.25) is 0 Å². The van der Waals surface area contributed by atoms with Crippen molar-refractivity contribution >= 4 is 43.9 Å². The van der Waals surface area contributed by atoms with Crippen LogP contribution in [0.15, 0.2) is 173 Å². The summed E-state index contributed by atoms with van der Waals surface area (Å²) in [6, 6.07) is 53.5. The van der Waals surface area contributed by atoms with Crippen molar-refractivity contribution in [2.75, 3.05) is 0 Å². The second kappa shape index (κ2) is 11.4. The van der Waals surface area contributed by atoms with Crippen LogP contribution >= 0.6 is 0 Å². The van der Waals surface area contributed by atoms with E-state index in [-0.39, 0.29) is 0 Å². The summed E-state index contributed by atoms with van der Waals surface area (Å²) in [6.45, 7) is 0. The first-order valence-corrected chi connectivity index (χ1v) is 16.6. The number of nitrogens with zero attached hydrogens (tertiary/aromatic N) is 3. The minimum Gasteiger partial charge on any atom is -0.455 e. The SMILES string of the molecule is c1ccc(-c2nc(-c3cccc(-c4ccccn4)c3)cc(-c3ccc(-c4cccc5c4oc4ccccc45)c4c3oc3ccccc34)n2)cc1. The zero-order valence-corrected chi connectivity index (χ0v) is 26.7. The topological polar surface area (TPSA) is 65.0 Å². The van der Waals surface area contributed by atoms with Crippen LogP contribution in [0.1, 0.15) is 0 Å². The van der Waals surface area contributed by atoms with E-state index in [0.29, 0.717) is 5.82 Å². The van der Waals surface area contributed by atoms with Crippen LogP contribution in [-0.4, -0.2) is 15.0 Å². The van der Waals surface area contributed by atoms with Gasteiger partial charge in [0, 0.05) is 55.6 Å². The third-order valence-electron chi connectivity index (χ3n) is 9.37. The molecule has 0 spiro atoms. The van der Waals surface area contributed by atoms with Gasteiger partial charge in [0.15, 0.2) is 5.82 Å². The molecular weight excluding hydrogens is 615 g/mol. The van der Waals surface area contributed by atoms with Crippen molar-refractivity contribution in [2.24, 2.45) is 0 Å². The monoisotopic (exact) mass is 641 g/mol. The maximum absolute atomic E-state index is 6.74. The van der Waals surface area contributed by atoms with Crippen molar-refractivity contribution < 1.29 is 8.83 Å². The second-order valence-electron chi connectivity index (χ2n) is 12.4. The van der Waals surface area contributed by atoms with Crippen molar-refractivity contribution in [2.45, 2.75) is 0 Å². The van der Waals surface area contributed by atoms with E-state index in [0.717, 1.165) is 94.3 Å². The first kappa shape index (κ1) is 28.2. The van der Waals surface area contributed by atoms with Gasteiger partial charge in [-0.15, -0.1) is 0 Å². The fraction of sp³-hybridized carbons (Fsp3) is 0. The van der Waals surface area contributed by atoms with Gasteiger partial charge in [-0.25, -0.2) is 9.97 Å². The number of pyridine rings is 1. The fourth-order valence-electron chi connectivity index (χ4n) is 7.03. The average Bonchev–Trinajstić information content (AvgIpc) is 3.77. The number of hydrogen-bond donors (Lipinski definition) is 0. The number of rotatable bonds is 5. The van der Waals surface area contributed by atoms with Crippen LogP contribution in [0.2, 0.25) is 0 Å². The average molecular weight is 642 g/mol. The number of fused-ring (bicyclic) bond motifs is 6. The molecule has 50 heavy (non-hydrogen) atoms. The van der Waals surface area contributed by atoms with Crippen molar-refractivity contribution in [1.82, 2.24) is 15.0 Å². The minimum atomic E-state index is 0.640. The Hall–Kier alpha value is -6.85. The van der Waals surface area contributed by atoms with Crippen molar-refractivity contribution in [3.63, 3.8) is 0 Å². The molecule has 10 aromatic rings. The van der Waals surface area contributed by atoms with Gasteiger partial charge in [-0.3, -0.25) is 4.98 Å². The van der Waals surface area contributed by atoms with E-state index in [2.05, 4.69) is 83.8 Å². The van der Waals surface area contributed by atoms with Crippen LogP contribution in [0, 0.1) is 0 Å². The van der Waals surface area contributed by atoms with Gasteiger partial charge in [-0.05, 0) is 48.0 Å². The van der Waals surface area contributed by atoms with E-state index < -0.39 is 0 Å². The Balaban J connectivity index is 1.22. The molecule has 0 aliphatic rings. The molecule has 0 amide bonds. The molecule has 4 aromatic heterocycles. The summed E-state index contributed by atoms with van der Waals surface area (Å²) >= 11 is 0. The highest BCUT2D eigenvalue weighted by Gasteiger charge is 2.22. The molecule has 0 saturated carbocycles. The number of hydrogen-bond acceptors (Lipinski definition) is 5. The molecule has 234 valence electrons. The number of para-hydroxylation sites is 3. The van der Waals surface area contributed by atoms with Gasteiger partial charge >= 0.3 is 0 Å². The maximum Gasteiger partial charge on any atom is 0.160 e. The van der Waals surface area contributed by atoms with Crippen LogP contribution in [0.25, 0.3) is 100 Å². The quantitative estimate of drug-likeness (QED) is 0.187. The van der Waals surface area contributed by atoms with Crippen LogP contribution in [0.5, 0.6) is 0 Å². The first-order chi connectivity index (χ1) is 24.8. The van der Waals surface area contributed by atoms with Gasteiger partial charge in [-0.2, -0.15) is 0 Å². The van der Waals surface area contributed by atoms with E-state index in [1.54, 1.807) is 0 Å². The van der Waals surface area contributed by atoms with Gasteiger partial charge < -0.3 is 8.83 Å². The summed E-state index contributed by atoms with van der Waals surface area (Å²) in [5.74, 6) is 0.640. The largest absolute Gasteiger partial charge is 0.455 e. The van der Waals surface area contributed by atoms with Crippen LogP contribution < -0.4 is 0 Å². The molecule has 0 atom stereocenters. The lowest BCUT2D eigenvalue weighted by Gasteiger charge is -2.12. The minimum absolute atomic E-state index is 0.640. The molecule has 5 heteroatoms. The Morgan fingerprint density at radius 2 is 1.02 bits per heavy atom. The summed E-state index contributed by atoms with van der Waals surface area (Å²) < 4.78 is 13.2. The highest BCUT2D eigenvalue weighted by molar-refractivity contribution is 6.19. The standard InChI is InChI=1S/C45H27N3O2/c1-2-12-28(13-3-1)45-47-38(30-15-10-14-29(26-30)37-20-8-9-25-46-37)27-39(48-45)35-24-23-32(42-36-17-5-7-22-41(36)50-44(35)42)34-19-11-18-33-31-16-4-6-21-40(31)49-43(33)34/h1-27H. The zero-order chi connectivity index (χ0) is 33.0. The van der Waals surface area contributed by atoms with Crippen LogP contribution in [0.4, 0.5) is 0 Å². The zero-order valence-electron chi connectivity index (χ0n) is 26.7. The lowest BCUT2D eigenvalue weighted by atomic mass is 9.94. The van der Waals surface area contributed by atoms with Crippen LogP contribution in [0.3, 0.4) is 0 Å². The third kappa shape index (κ3) is 4.60. The molecule has 0 aliphatic carbocycles. The molecule has 10 rings (SSSR count). The molecule has 0 fully saturated rings. The lowest BCUT2D eigenvalue weighted by Crippen LogP contribution is -1.96. The summed E-state index contributed by atoms with van der Waals surface area (Å²) in [6.07, 6.45) is 1.81. The van der Waals surface area contributed by atoms with Crippen molar-refractivity contribution in [3.05, 3.63) is 164 Å². The highest BCUT2D eigenvalue weighted by Crippen LogP contribution is 2.45. The molecule has 0 aliphatic heterocycles. The van der Waals surface area contributed by atoms with E-state index in [9.17, 15) is 0 Å². The molecule has 0 unspecified atom stereocenters. The lowest BCUT2D eigenvalue weighted by molar-refractivity contribution is 0.669. The summed E-state index contributed by atoms with van der Waals surface area (Å²) in [5, 5.41) is 4.24. The Bertz CT molecular complexity index is 2870. The predicted molar refractivity (Wildman–Crippen MR) is 202 cm³/mol. The van der Waals surface area contributed by atoms with E-state index in [1.807, 2.05) is 85.1 Å². The highest BCUT2D eigenvalue weighted by atomic mass is 16.3. The molecule has 0 bridgehead atoms. The molecule has 0 N–H and O–H groups in total. The first-order valence-electron chi connectivity index (χ1n) is 16.6. The maximum atomic E-state index is 6.74. The predicted octanol–water partition coefficient (Wildman–Crippen LogP) is 12.0. The van der Waals surface area contributed by atoms with E-state index in [4.69, 9.17) is 18.8 Å². The number of furan rings is 2. The molecule has 0 saturated heterocycles. The van der Waals surface area contributed by atoms with Crippen LogP contribution in [-0.2, 0) is 0 Å². The summed E-state index contributed by atoms with van der Waals surface area (Å²) in [5.41, 5.74) is 11.7. The Morgan fingerprint density at radius 3 is 1.86 bits per heavy atom. The summed E-state index contributed by atoms with van der Waals surface area (Å²) in [4.78, 5) is 14.9. The Labute approximate surface area is 287 Å². The van der Waals surface area contributed by atoms with Gasteiger partial charge in [-0.1, -0.05) is 115 Å². The molecule has 4 heterocycles. The molecular formula is C45H27N3O2. The van der Waals surface area contributed by atoms with E-state index in [1.165, 1.54) is 0 Å². The molecule has 0 radical (unpaired) electrons. The van der Waals surface area contributed by atoms with Crippen molar-refractivity contribution in [1.29, 1.82) is 0 Å². The molecule has 6 aromatic carbocycles. The smallest absolute Gasteiger partial charge is 0.160 e. The Kier molecular flexibility index (Phi) is 6.42. The van der Waals surface area contributed by atoms with Gasteiger partial charge in [0.05, 0.1) is 17.1 Å². The fourth-order valence-corrected chi connectivity index (χ4v) is 7.03. The van der Waals surface area contributed by atoms with E-state index >= 15 is 0 Å². The number of benzene rings is 6. The van der Waals surface area contributed by atoms with Gasteiger partial charge in [0.25, 0.3) is 0 Å². The summed E-state index contributed by atoms with van der Waals surface area (Å²) in [7, 11) is 0. The second-order valence-corrected chi connectivity index (χ2v) is 12.4. The Morgan fingerprint density at radius 1 is 0.380 bits per heavy atom. The van der Waals surface area contributed by atoms with Crippen molar-refractivity contribution in [3.8, 4) is 56.3 Å². The number of aromatic nitrogens is 3. The third-order valence-corrected chi connectivity index (χ3v) is 9.37. The van der Waals surface area contributed by atoms with Gasteiger partial charge in [0.1, 0.15) is 22.3 Å². The molecule has 5 nitrogen and oxygen atoms in total.